The molecule has 0 bridgehead atoms. The van der Waals surface area contributed by atoms with E-state index >= 15 is 0 Å². The lowest BCUT2D eigenvalue weighted by Crippen LogP contribution is -2.18. The fourth-order valence-corrected chi connectivity index (χ4v) is 2.49. The third-order valence-corrected chi connectivity index (χ3v) is 3.62. The summed E-state index contributed by atoms with van der Waals surface area (Å²) in [6, 6.07) is 4.08. The minimum Gasteiger partial charge on any atom is -0.480 e. The molecule has 0 radical (unpaired) electrons. The van der Waals surface area contributed by atoms with Crippen molar-refractivity contribution in [2.45, 2.75) is 44.2 Å². The van der Waals surface area contributed by atoms with Crippen molar-refractivity contribution < 1.29 is 9.47 Å². The maximum absolute atomic E-state index is 5.64. The van der Waals surface area contributed by atoms with Gasteiger partial charge in [0.1, 0.15) is 0 Å². The van der Waals surface area contributed by atoms with Crippen LogP contribution in [0.4, 0.5) is 0 Å². The Labute approximate surface area is 114 Å². The third-order valence-electron chi connectivity index (χ3n) is 3.62. The Kier molecular flexibility index (Phi) is 5.54. The Hall–Kier alpha value is -1.20. The molecule has 0 aromatic carbocycles. The Balaban J connectivity index is 1.80. The van der Waals surface area contributed by atoms with Gasteiger partial charge in [0.05, 0.1) is 24.9 Å². The highest BCUT2D eigenvalue weighted by atomic mass is 16.5. The van der Waals surface area contributed by atoms with Gasteiger partial charge in [-0.05, 0) is 45.2 Å². The Bertz CT molecular complexity index is 363. The summed E-state index contributed by atoms with van der Waals surface area (Å²) < 4.78 is 10.7. The molecule has 2 unspecified atom stereocenters. The average Bonchev–Trinajstić information content (AvgIpc) is 2.97. The summed E-state index contributed by atoms with van der Waals surface area (Å²) in [5.74, 6) is 0.554. The maximum atomic E-state index is 5.64. The molecule has 106 valence electrons. The fraction of sp³-hybridized carbons (Fsp3) is 0.714. The topological polar surface area (TPSA) is 56.3 Å². The van der Waals surface area contributed by atoms with Crippen LogP contribution < -0.4 is 10.1 Å². The molecule has 1 aromatic heterocycles. The zero-order valence-electron chi connectivity index (χ0n) is 11.8. The summed E-state index contributed by atoms with van der Waals surface area (Å²) in [5.41, 5.74) is 0.968. The van der Waals surface area contributed by atoms with Crippen molar-refractivity contribution in [2.75, 3.05) is 20.8 Å². The molecule has 19 heavy (non-hydrogen) atoms. The van der Waals surface area contributed by atoms with Crippen molar-refractivity contribution in [2.24, 2.45) is 0 Å². The van der Waals surface area contributed by atoms with Gasteiger partial charge in [0, 0.05) is 12.7 Å². The third kappa shape index (κ3) is 4.14. The highest BCUT2D eigenvalue weighted by Gasteiger charge is 2.17. The normalized spacial score (nSPS) is 20.4. The minimum absolute atomic E-state index is 0.250. The van der Waals surface area contributed by atoms with Crippen LogP contribution in [-0.2, 0) is 4.74 Å². The molecule has 0 amide bonds. The average molecular weight is 265 g/mol. The van der Waals surface area contributed by atoms with Crippen molar-refractivity contribution in [1.82, 2.24) is 15.5 Å². The van der Waals surface area contributed by atoms with Gasteiger partial charge in [-0.15, -0.1) is 5.10 Å². The Morgan fingerprint density at radius 2 is 2.37 bits per heavy atom. The number of hydrogen-bond donors (Lipinski definition) is 1. The molecule has 5 heteroatoms. The Morgan fingerprint density at radius 1 is 1.47 bits per heavy atom. The van der Waals surface area contributed by atoms with Crippen molar-refractivity contribution in [3.8, 4) is 5.88 Å². The smallest absolute Gasteiger partial charge is 0.233 e. The molecule has 5 nitrogen and oxygen atoms in total. The quantitative estimate of drug-likeness (QED) is 0.818. The first-order chi connectivity index (χ1) is 9.33. The van der Waals surface area contributed by atoms with Gasteiger partial charge in [-0.3, -0.25) is 0 Å². The summed E-state index contributed by atoms with van der Waals surface area (Å²) >= 11 is 0. The van der Waals surface area contributed by atoms with Crippen molar-refractivity contribution in [3.05, 3.63) is 17.8 Å². The van der Waals surface area contributed by atoms with Crippen molar-refractivity contribution in [1.29, 1.82) is 0 Å². The number of aromatic nitrogens is 2. The number of methoxy groups -OCH3 is 1. The predicted molar refractivity (Wildman–Crippen MR) is 73.2 cm³/mol. The summed E-state index contributed by atoms with van der Waals surface area (Å²) in [6.07, 6.45) is 6.24. The van der Waals surface area contributed by atoms with Gasteiger partial charge >= 0.3 is 0 Å². The van der Waals surface area contributed by atoms with E-state index in [0.717, 1.165) is 31.6 Å². The van der Waals surface area contributed by atoms with Gasteiger partial charge < -0.3 is 14.8 Å². The lowest BCUT2D eigenvalue weighted by Gasteiger charge is -2.16. The highest BCUT2D eigenvalue weighted by Crippen LogP contribution is 2.22. The van der Waals surface area contributed by atoms with E-state index in [9.17, 15) is 0 Å². The van der Waals surface area contributed by atoms with Crippen LogP contribution in [0, 0.1) is 0 Å². The molecular weight excluding hydrogens is 242 g/mol. The van der Waals surface area contributed by atoms with Crippen LogP contribution in [0.25, 0.3) is 0 Å². The molecule has 1 N–H and O–H groups in total. The lowest BCUT2D eigenvalue weighted by atomic mass is 10.0. The van der Waals surface area contributed by atoms with Gasteiger partial charge in [-0.2, -0.15) is 5.10 Å². The predicted octanol–water partition coefficient (Wildman–Crippen LogP) is 2.09. The molecule has 2 heterocycles. The maximum Gasteiger partial charge on any atom is 0.233 e. The van der Waals surface area contributed by atoms with Gasteiger partial charge in [0.25, 0.3) is 0 Å². The molecule has 1 aromatic rings. The number of ether oxygens (including phenoxy) is 2. The molecular formula is C14H23N3O2. The van der Waals surface area contributed by atoms with Crippen molar-refractivity contribution >= 4 is 0 Å². The second-order valence-corrected chi connectivity index (χ2v) is 4.91. The summed E-state index contributed by atoms with van der Waals surface area (Å²) in [4.78, 5) is 0. The fourth-order valence-electron chi connectivity index (χ4n) is 2.49. The first-order valence-electron chi connectivity index (χ1n) is 7.00. The molecule has 2 atom stereocenters. The monoisotopic (exact) mass is 265 g/mol. The van der Waals surface area contributed by atoms with E-state index in [0.29, 0.717) is 12.0 Å². The highest BCUT2D eigenvalue weighted by molar-refractivity contribution is 5.13. The van der Waals surface area contributed by atoms with Gasteiger partial charge in [-0.1, -0.05) is 0 Å². The first kappa shape index (κ1) is 14.2. The largest absolute Gasteiger partial charge is 0.480 e. The van der Waals surface area contributed by atoms with E-state index in [1.54, 1.807) is 7.11 Å². The lowest BCUT2D eigenvalue weighted by molar-refractivity contribution is 0.101. The molecule has 0 aliphatic carbocycles. The van der Waals surface area contributed by atoms with Crippen LogP contribution in [0.15, 0.2) is 12.1 Å². The van der Waals surface area contributed by atoms with Gasteiger partial charge in [0.15, 0.2) is 0 Å². The number of nitrogens with zero attached hydrogens (tertiary/aromatic N) is 2. The van der Waals surface area contributed by atoms with E-state index in [-0.39, 0.29) is 6.04 Å². The van der Waals surface area contributed by atoms with Gasteiger partial charge in [-0.25, -0.2) is 0 Å². The van der Waals surface area contributed by atoms with E-state index in [1.807, 2.05) is 19.2 Å². The molecule has 0 saturated carbocycles. The molecule has 1 aliphatic heterocycles. The van der Waals surface area contributed by atoms with Crippen LogP contribution >= 0.6 is 0 Å². The van der Waals surface area contributed by atoms with Gasteiger partial charge in [0.2, 0.25) is 5.88 Å². The van der Waals surface area contributed by atoms with E-state index in [4.69, 9.17) is 9.47 Å². The van der Waals surface area contributed by atoms with Crippen LogP contribution in [0.1, 0.15) is 43.8 Å². The van der Waals surface area contributed by atoms with E-state index < -0.39 is 0 Å². The van der Waals surface area contributed by atoms with Crippen molar-refractivity contribution in [3.63, 3.8) is 0 Å². The van der Waals surface area contributed by atoms with Crippen LogP contribution in [0.5, 0.6) is 5.88 Å². The molecule has 0 spiro atoms. The second kappa shape index (κ2) is 7.40. The second-order valence-electron chi connectivity index (χ2n) is 4.91. The first-order valence-corrected chi connectivity index (χ1v) is 7.00. The number of hydrogen-bond acceptors (Lipinski definition) is 5. The summed E-state index contributed by atoms with van der Waals surface area (Å²) in [7, 11) is 3.56. The zero-order valence-corrected chi connectivity index (χ0v) is 11.8. The van der Waals surface area contributed by atoms with E-state index in [2.05, 4.69) is 15.5 Å². The van der Waals surface area contributed by atoms with Crippen LogP contribution in [0.3, 0.4) is 0 Å². The van der Waals surface area contributed by atoms with Crippen LogP contribution in [-0.4, -0.2) is 37.1 Å². The molecule has 1 fully saturated rings. The van der Waals surface area contributed by atoms with E-state index in [1.165, 1.54) is 12.8 Å². The number of nitrogens with one attached hydrogen (secondary N) is 1. The standard InChI is InChI=1S/C14H23N3O2/c1-15-12(7-3-5-11-6-4-10-19-11)13-8-9-14(18-2)17-16-13/h8-9,11-12,15H,3-7,10H2,1-2H3. The summed E-state index contributed by atoms with van der Waals surface area (Å²) in [6.45, 7) is 0.935. The molecule has 2 rings (SSSR count). The SMILES string of the molecule is CNC(CCCC1CCCO1)c1ccc(OC)nn1. The Morgan fingerprint density at radius 3 is 2.95 bits per heavy atom. The minimum atomic E-state index is 0.250. The molecule has 1 aliphatic rings. The zero-order chi connectivity index (χ0) is 13.5. The summed E-state index contributed by atoms with van der Waals surface area (Å²) in [5, 5.41) is 11.5. The number of rotatable bonds is 7. The molecule has 1 saturated heterocycles. The van der Waals surface area contributed by atoms with Crippen LogP contribution in [0.2, 0.25) is 0 Å².